The minimum Gasteiger partial charge on any atom is -0.480 e. The van der Waals surface area contributed by atoms with Gasteiger partial charge in [-0.1, -0.05) is 26.0 Å². The molecule has 1 atom stereocenters. The number of amides is 1. The first-order valence-electron chi connectivity index (χ1n) is 6.45. The largest absolute Gasteiger partial charge is 0.480 e. The Kier molecular flexibility index (Phi) is 5.27. The summed E-state index contributed by atoms with van der Waals surface area (Å²) in [6.45, 7) is 5.50. The fourth-order valence-electron chi connectivity index (χ4n) is 1.67. The van der Waals surface area contributed by atoms with Gasteiger partial charge < -0.3 is 15.2 Å². The summed E-state index contributed by atoms with van der Waals surface area (Å²) >= 11 is 0. The normalized spacial score (nSPS) is 13.8. The van der Waals surface area contributed by atoms with E-state index in [0.29, 0.717) is 12.2 Å². The Morgan fingerprint density at radius 1 is 1.30 bits per heavy atom. The average Bonchev–Trinajstić information content (AvgIpc) is 2.39. The summed E-state index contributed by atoms with van der Waals surface area (Å²) in [7, 11) is 1.60. The van der Waals surface area contributed by atoms with Crippen molar-refractivity contribution < 1.29 is 19.4 Å². The molecule has 0 fully saturated rings. The van der Waals surface area contributed by atoms with Gasteiger partial charge >= 0.3 is 5.97 Å². The highest BCUT2D eigenvalue weighted by Crippen LogP contribution is 2.18. The number of aliphatic carboxylic acids is 1. The van der Waals surface area contributed by atoms with Gasteiger partial charge in [0.25, 0.3) is 5.91 Å². The molecule has 0 bridgehead atoms. The molecule has 110 valence electrons. The van der Waals surface area contributed by atoms with Crippen LogP contribution in [0.15, 0.2) is 24.3 Å². The van der Waals surface area contributed by atoms with Gasteiger partial charge in [0.1, 0.15) is 5.54 Å². The molecule has 0 aliphatic heterocycles. The van der Waals surface area contributed by atoms with E-state index in [1.807, 2.05) is 0 Å². The smallest absolute Gasteiger partial charge is 0.329 e. The zero-order valence-corrected chi connectivity index (χ0v) is 12.3. The number of nitrogens with one attached hydrogen (secondary N) is 1. The molecule has 20 heavy (non-hydrogen) atoms. The van der Waals surface area contributed by atoms with Gasteiger partial charge in [0.2, 0.25) is 0 Å². The lowest BCUT2D eigenvalue weighted by atomic mass is 9.88. The van der Waals surface area contributed by atoms with Crippen LogP contribution in [0.5, 0.6) is 0 Å². The average molecular weight is 279 g/mol. The van der Waals surface area contributed by atoms with Gasteiger partial charge in [-0.25, -0.2) is 4.79 Å². The molecular weight excluding hydrogens is 258 g/mol. The van der Waals surface area contributed by atoms with E-state index in [1.165, 1.54) is 6.92 Å². The fraction of sp³-hybridized carbons (Fsp3) is 0.467. The number of hydrogen-bond donors (Lipinski definition) is 2. The second kappa shape index (κ2) is 6.52. The molecule has 5 nitrogen and oxygen atoms in total. The summed E-state index contributed by atoms with van der Waals surface area (Å²) < 4.78 is 4.99. The monoisotopic (exact) mass is 279 g/mol. The van der Waals surface area contributed by atoms with Crippen LogP contribution < -0.4 is 5.32 Å². The SMILES string of the molecule is COCc1ccc(C(=O)N[C@](C)(C(=O)O)C(C)C)cc1. The highest BCUT2D eigenvalue weighted by Gasteiger charge is 2.38. The first-order chi connectivity index (χ1) is 9.31. The van der Waals surface area contributed by atoms with Crippen molar-refractivity contribution in [2.24, 2.45) is 5.92 Å². The van der Waals surface area contributed by atoms with Crippen molar-refractivity contribution in [1.29, 1.82) is 0 Å². The van der Waals surface area contributed by atoms with Crippen molar-refractivity contribution in [3.05, 3.63) is 35.4 Å². The summed E-state index contributed by atoms with van der Waals surface area (Å²) in [5.41, 5.74) is 0.0920. The summed E-state index contributed by atoms with van der Waals surface area (Å²) in [6, 6.07) is 6.89. The van der Waals surface area contributed by atoms with Crippen LogP contribution >= 0.6 is 0 Å². The van der Waals surface area contributed by atoms with Crippen molar-refractivity contribution in [2.45, 2.75) is 32.9 Å². The Bertz CT molecular complexity index is 481. The van der Waals surface area contributed by atoms with Gasteiger partial charge in [-0.15, -0.1) is 0 Å². The van der Waals surface area contributed by atoms with Crippen molar-refractivity contribution in [3.8, 4) is 0 Å². The molecule has 0 heterocycles. The number of hydrogen-bond acceptors (Lipinski definition) is 3. The minimum absolute atomic E-state index is 0.225. The van der Waals surface area contributed by atoms with Crippen LogP contribution in [0.2, 0.25) is 0 Å². The van der Waals surface area contributed by atoms with E-state index in [9.17, 15) is 14.7 Å². The Morgan fingerprint density at radius 2 is 1.85 bits per heavy atom. The lowest BCUT2D eigenvalue weighted by Gasteiger charge is -2.30. The minimum atomic E-state index is -1.29. The first kappa shape index (κ1) is 16.2. The maximum absolute atomic E-state index is 12.1. The van der Waals surface area contributed by atoms with Crippen LogP contribution in [-0.2, 0) is 16.1 Å². The van der Waals surface area contributed by atoms with Gasteiger partial charge in [0.05, 0.1) is 6.61 Å². The molecule has 0 aromatic heterocycles. The number of carboxylic acids is 1. The third-order valence-corrected chi connectivity index (χ3v) is 3.50. The Hall–Kier alpha value is -1.88. The van der Waals surface area contributed by atoms with Crippen molar-refractivity contribution in [3.63, 3.8) is 0 Å². The summed E-state index contributed by atoms with van der Waals surface area (Å²) in [5, 5.41) is 11.9. The highest BCUT2D eigenvalue weighted by molar-refractivity contribution is 5.97. The lowest BCUT2D eigenvalue weighted by Crippen LogP contribution is -2.55. The molecule has 0 saturated carbocycles. The van der Waals surface area contributed by atoms with Crippen LogP contribution in [0.25, 0.3) is 0 Å². The number of carbonyl (C=O) groups is 2. The van der Waals surface area contributed by atoms with Crippen LogP contribution in [-0.4, -0.2) is 29.6 Å². The molecule has 0 aliphatic carbocycles. The second-order valence-electron chi connectivity index (χ2n) is 5.25. The highest BCUT2D eigenvalue weighted by atomic mass is 16.5. The molecule has 1 aromatic carbocycles. The van der Waals surface area contributed by atoms with Crippen molar-refractivity contribution >= 4 is 11.9 Å². The molecule has 1 aromatic rings. The van der Waals surface area contributed by atoms with Crippen molar-refractivity contribution in [1.82, 2.24) is 5.32 Å². The number of carbonyl (C=O) groups excluding carboxylic acids is 1. The van der Waals surface area contributed by atoms with Crippen LogP contribution in [0.3, 0.4) is 0 Å². The van der Waals surface area contributed by atoms with Gasteiger partial charge in [0.15, 0.2) is 0 Å². The first-order valence-corrected chi connectivity index (χ1v) is 6.45. The molecule has 1 rings (SSSR count). The van der Waals surface area contributed by atoms with Crippen molar-refractivity contribution in [2.75, 3.05) is 7.11 Å². The van der Waals surface area contributed by atoms with Gasteiger partial charge in [-0.2, -0.15) is 0 Å². The summed E-state index contributed by atoms with van der Waals surface area (Å²) in [4.78, 5) is 23.5. The second-order valence-corrected chi connectivity index (χ2v) is 5.25. The molecule has 2 N–H and O–H groups in total. The van der Waals surface area contributed by atoms with E-state index in [4.69, 9.17) is 4.74 Å². The maximum Gasteiger partial charge on any atom is 0.329 e. The lowest BCUT2D eigenvalue weighted by molar-refractivity contribution is -0.145. The molecular formula is C15H21NO4. The standard InChI is InChI=1S/C15H21NO4/c1-10(2)15(3,14(18)19)16-13(17)12-7-5-11(6-8-12)9-20-4/h5-8,10H,9H2,1-4H3,(H,16,17)(H,18,19)/t15-/m0/s1. The van der Waals surface area contributed by atoms with Gasteiger partial charge in [-0.3, -0.25) is 4.79 Å². The quantitative estimate of drug-likeness (QED) is 0.835. The molecule has 1 amide bonds. The third kappa shape index (κ3) is 3.57. The van der Waals surface area contributed by atoms with Crippen LogP contribution in [0.1, 0.15) is 36.7 Å². The number of rotatable bonds is 6. The van der Waals surface area contributed by atoms with Crippen LogP contribution in [0, 0.1) is 5.92 Å². The summed E-state index contributed by atoms with van der Waals surface area (Å²) in [6.07, 6.45) is 0. The molecule has 0 spiro atoms. The van der Waals surface area contributed by atoms with E-state index in [1.54, 1.807) is 45.2 Å². The van der Waals surface area contributed by atoms with E-state index in [-0.39, 0.29) is 5.92 Å². The maximum atomic E-state index is 12.1. The van der Waals surface area contributed by atoms with Gasteiger partial charge in [0, 0.05) is 12.7 Å². The van der Waals surface area contributed by atoms with E-state index in [0.717, 1.165) is 5.56 Å². The zero-order chi connectivity index (χ0) is 15.3. The Balaban J connectivity index is 2.87. The predicted octanol–water partition coefficient (Wildman–Crippen LogP) is 2.06. The number of carboxylic acid groups (broad SMARTS) is 1. The molecule has 0 aliphatic rings. The third-order valence-electron chi connectivity index (χ3n) is 3.50. The van der Waals surface area contributed by atoms with E-state index < -0.39 is 17.4 Å². The number of methoxy groups -OCH3 is 1. The fourth-order valence-corrected chi connectivity index (χ4v) is 1.67. The van der Waals surface area contributed by atoms with E-state index in [2.05, 4.69) is 5.32 Å². The Morgan fingerprint density at radius 3 is 2.25 bits per heavy atom. The number of ether oxygens (including phenoxy) is 1. The number of benzene rings is 1. The van der Waals surface area contributed by atoms with E-state index >= 15 is 0 Å². The van der Waals surface area contributed by atoms with Crippen LogP contribution in [0.4, 0.5) is 0 Å². The zero-order valence-electron chi connectivity index (χ0n) is 12.3. The predicted molar refractivity (Wildman–Crippen MR) is 75.5 cm³/mol. The topological polar surface area (TPSA) is 75.6 Å². The molecule has 0 saturated heterocycles. The van der Waals surface area contributed by atoms with Gasteiger partial charge in [-0.05, 0) is 30.5 Å². The molecule has 0 radical (unpaired) electrons. The molecule has 5 heteroatoms. The summed E-state index contributed by atoms with van der Waals surface area (Å²) in [5.74, 6) is -1.67. The molecule has 0 unspecified atom stereocenters. The Labute approximate surface area is 118 Å².